The van der Waals surface area contributed by atoms with Gasteiger partial charge in [0, 0.05) is 5.69 Å². The Bertz CT molecular complexity index is 1030. The van der Waals surface area contributed by atoms with E-state index >= 15 is 0 Å². The average Bonchev–Trinajstić information content (AvgIpc) is 3.06. The molecule has 1 aliphatic rings. The number of fused-ring (bicyclic) bond motifs is 4. The zero-order chi connectivity index (χ0) is 15.2. The molecule has 1 nitrogen and oxygen atoms in total. The average molecular weight is 295 g/mol. The van der Waals surface area contributed by atoms with Gasteiger partial charge in [0.2, 0.25) is 0 Å². The zero-order valence-corrected chi connectivity index (χ0v) is 12.8. The molecule has 0 aromatic heterocycles. The maximum absolute atomic E-state index is 3.71. The van der Waals surface area contributed by atoms with E-state index in [-0.39, 0.29) is 0 Å². The van der Waals surface area contributed by atoms with Crippen molar-refractivity contribution in [3.05, 3.63) is 90.0 Å². The summed E-state index contributed by atoms with van der Waals surface area (Å²) in [6.45, 7) is 0. The van der Waals surface area contributed by atoms with E-state index in [1.54, 1.807) is 0 Å². The van der Waals surface area contributed by atoms with Crippen molar-refractivity contribution in [2.75, 3.05) is 5.32 Å². The molecule has 1 atom stereocenters. The van der Waals surface area contributed by atoms with Gasteiger partial charge in [-0.2, -0.15) is 0 Å². The van der Waals surface area contributed by atoms with Gasteiger partial charge in [0.05, 0.1) is 6.04 Å². The molecule has 0 spiro atoms. The summed E-state index contributed by atoms with van der Waals surface area (Å²) in [5, 5.41) is 9.03. The molecule has 5 rings (SSSR count). The highest BCUT2D eigenvalue weighted by atomic mass is 14.9. The van der Waals surface area contributed by atoms with E-state index in [0.29, 0.717) is 6.04 Å². The smallest absolute Gasteiger partial charge is 0.0555 e. The van der Waals surface area contributed by atoms with Gasteiger partial charge < -0.3 is 5.32 Å². The topological polar surface area (TPSA) is 12.0 Å². The summed E-state index contributed by atoms with van der Waals surface area (Å²) in [5.41, 5.74) is 4.09. The van der Waals surface area contributed by atoms with E-state index < -0.39 is 0 Å². The molecule has 1 heteroatoms. The Morgan fingerprint density at radius 1 is 0.696 bits per heavy atom. The maximum Gasteiger partial charge on any atom is 0.0555 e. The second-order valence-corrected chi connectivity index (χ2v) is 6.32. The summed E-state index contributed by atoms with van der Waals surface area (Å²) in [6.07, 6.45) is 1.05. The fourth-order valence-corrected chi connectivity index (χ4v) is 3.76. The van der Waals surface area contributed by atoms with Crippen LogP contribution in [0.4, 0.5) is 5.69 Å². The number of nitrogens with one attached hydrogen (secondary N) is 1. The number of hydrogen-bond acceptors (Lipinski definition) is 1. The predicted molar refractivity (Wildman–Crippen MR) is 98.0 cm³/mol. The third-order valence-electron chi connectivity index (χ3n) is 4.95. The molecule has 1 unspecified atom stereocenters. The highest BCUT2D eigenvalue weighted by Gasteiger charge is 2.23. The molecule has 23 heavy (non-hydrogen) atoms. The van der Waals surface area contributed by atoms with Gasteiger partial charge in [0.15, 0.2) is 0 Å². The molecule has 0 radical (unpaired) electrons. The molecule has 0 saturated heterocycles. The van der Waals surface area contributed by atoms with E-state index in [2.05, 4.69) is 84.2 Å². The Morgan fingerprint density at radius 2 is 1.43 bits per heavy atom. The minimum absolute atomic E-state index is 0.361. The Balaban J connectivity index is 1.58. The van der Waals surface area contributed by atoms with Gasteiger partial charge >= 0.3 is 0 Å². The highest BCUT2D eigenvalue weighted by molar-refractivity contribution is 5.91. The number of rotatable bonds is 1. The van der Waals surface area contributed by atoms with Crippen LogP contribution in [0.5, 0.6) is 0 Å². The second-order valence-electron chi connectivity index (χ2n) is 6.32. The number of hydrogen-bond donors (Lipinski definition) is 1. The van der Waals surface area contributed by atoms with Gasteiger partial charge in [-0.3, -0.25) is 0 Å². The molecule has 0 saturated carbocycles. The number of anilines is 1. The monoisotopic (exact) mass is 295 g/mol. The van der Waals surface area contributed by atoms with Gasteiger partial charge in [-0.15, -0.1) is 0 Å². The van der Waals surface area contributed by atoms with Crippen molar-refractivity contribution in [1.29, 1.82) is 0 Å². The Labute approximate surface area is 135 Å². The van der Waals surface area contributed by atoms with Crippen LogP contribution in [0.25, 0.3) is 21.5 Å². The summed E-state index contributed by atoms with van der Waals surface area (Å²) in [7, 11) is 0. The van der Waals surface area contributed by atoms with Gasteiger partial charge in [-0.25, -0.2) is 0 Å². The lowest BCUT2D eigenvalue weighted by Gasteiger charge is -2.12. The molecular weight excluding hydrogens is 278 g/mol. The summed E-state index contributed by atoms with van der Waals surface area (Å²) in [4.78, 5) is 0. The van der Waals surface area contributed by atoms with E-state index in [1.807, 2.05) is 0 Å². The van der Waals surface area contributed by atoms with Gasteiger partial charge in [-0.05, 0) is 51.2 Å². The summed E-state index contributed by atoms with van der Waals surface area (Å²) in [6, 6.07) is 28.8. The van der Waals surface area contributed by atoms with Crippen molar-refractivity contribution in [2.45, 2.75) is 12.5 Å². The predicted octanol–water partition coefficient (Wildman–Crippen LogP) is 5.70. The first-order valence-corrected chi connectivity index (χ1v) is 8.14. The highest BCUT2D eigenvalue weighted by Crippen LogP contribution is 2.39. The molecule has 4 aromatic rings. The van der Waals surface area contributed by atoms with Crippen molar-refractivity contribution in [3.63, 3.8) is 0 Å². The molecule has 110 valence electrons. The quantitative estimate of drug-likeness (QED) is 0.475. The van der Waals surface area contributed by atoms with E-state index in [1.165, 1.54) is 38.4 Å². The minimum atomic E-state index is 0.361. The normalized spacial score (nSPS) is 16.4. The lowest BCUT2D eigenvalue weighted by atomic mass is 9.97. The third kappa shape index (κ3) is 2.01. The van der Waals surface area contributed by atoms with Crippen LogP contribution in [0.1, 0.15) is 17.2 Å². The maximum atomic E-state index is 3.71. The molecule has 1 heterocycles. The van der Waals surface area contributed by atoms with Crippen LogP contribution >= 0.6 is 0 Å². The first-order valence-electron chi connectivity index (χ1n) is 8.14. The molecular formula is C22H17N. The summed E-state index contributed by atoms with van der Waals surface area (Å²) >= 11 is 0. The van der Waals surface area contributed by atoms with Crippen LogP contribution in [0.3, 0.4) is 0 Å². The molecule has 4 aromatic carbocycles. The molecule has 0 aliphatic carbocycles. The summed E-state index contributed by atoms with van der Waals surface area (Å²) in [5.74, 6) is 0. The Kier molecular flexibility index (Phi) is 2.68. The van der Waals surface area contributed by atoms with Crippen LogP contribution in [-0.4, -0.2) is 0 Å². The standard InChI is InChI=1S/C22H17N/c1-2-7-17-13-18(10-9-15(17)5-1)22-14-20-19-8-4-3-6-16(19)11-12-21(20)23-22/h1-13,22-23H,14H2. The van der Waals surface area contributed by atoms with Crippen molar-refractivity contribution in [1.82, 2.24) is 0 Å². The fourth-order valence-electron chi connectivity index (χ4n) is 3.76. The molecule has 0 bridgehead atoms. The molecule has 0 amide bonds. The second kappa shape index (κ2) is 4.85. The van der Waals surface area contributed by atoms with Crippen LogP contribution < -0.4 is 5.32 Å². The Morgan fingerprint density at radius 3 is 2.35 bits per heavy atom. The first kappa shape index (κ1) is 12.7. The zero-order valence-electron chi connectivity index (χ0n) is 12.8. The van der Waals surface area contributed by atoms with Crippen molar-refractivity contribution < 1.29 is 0 Å². The molecule has 1 N–H and O–H groups in total. The largest absolute Gasteiger partial charge is 0.378 e. The first-order chi connectivity index (χ1) is 11.4. The van der Waals surface area contributed by atoms with Crippen LogP contribution in [0.2, 0.25) is 0 Å². The van der Waals surface area contributed by atoms with E-state index in [4.69, 9.17) is 0 Å². The van der Waals surface area contributed by atoms with Gasteiger partial charge in [0.25, 0.3) is 0 Å². The molecule has 1 aliphatic heterocycles. The fraction of sp³-hybridized carbons (Fsp3) is 0.0909. The van der Waals surface area contributed by atoms with Crippen molar-refractivity contribution in [2.24, 2.45) is 0 Å². The van der Waals surface area contributed by atoms with Gasteiger partial charge in [-0.1, -0.05) is 66.7 Å². The third-order valence-corrected chi connectivity index (χ3v) is 4.95. The SMILES string of the molecule is c1ccc2cc(C3Cc4c(ccc5ccccc45)N3)ccc2c1. The molecule has 0 fully saturated rings. The minimum Gasteiger partial charge on any atom is -0.378 e. The lowest BCUT2D eigenvalue weighted by molar-refractivity contribution is 0.828. The van der Waals surface area contributed by atoms with Crippen LogP contribution in [0.15, 0.2) is 78.9 Å². The van der Waals surface area contributed by atoms with E-state index in [0.717, 1.165) is 6.42 Å². The summed E-state index contributed by atoms with van der Waals surface area (Å²) < 4.78 is 0. The van der Waals surface area contributed by atoms with Crippen molar-refractivity contribution in [3.8, 4) is 0 Å². The van der Waals surface area contributed by atoms with E-state index in [9.17, 15) is 0 Å². The van der Waals surface area contributed by atoms with Crippen LogP contribution in [0, 0.1) is 0 Å². The Hall–Kier alpha value is -2.80. The van der Waals surface area contributed by atoms with Gasteiger partial charge in [0.1, 0.15) is 0 Å². The van der Waals surface area contributed by atoms with Crippen molar-refractivity contribution >= 4 is 27.2 Å². The van der Waals surface area contributed by atoms with Crippen LogP contribution in [-0.2, 0) is 6.42 Å². The lowest BCUT2D eigenvalue weighted by Crippen LogP contribution is -2.05. The number of benzene rings is 4.